The SMILES string of the molecule is CC1(C)CCC(CN2CCN(c3ccc(C(=O)NS(=O)(=O)c4ccc(OCC5(F)CCC(F)(F)CC5)c([N+](=O)[O-])c4)c(-n4ncc5nc6[nH]ccc6cc54)c3)CC2)=C(c2ccc(Cl)cc2)C1. The van der Waals surface area contributed by atoms with E-state index in [0.29, 0.717) is 40.9 Å². The Morgan fingerprint density at radius 3 is 2.42 bits per heavy atom. The molecule has 2 aliphatic carbocycles. The first-order chi connectivity index (χ1) is 31.3. The maximum atomic E-state index is 15.3. The number of amides is 1. The number of nitro benzene ring substituents is 1. The van der Waals surface area contributed by atoms with Gasteiger partial charge in [0.05, 0.1) is 32.8 Å². The standard InChI is InChI=1S/C47H48ClF3N8O6S/c1-45(2)13-11-32(37(26-45)30-3-5-33(48)6-4-30)28-56-19-21-57(22-20-56)34-7-9-36(39(24-34)58-40-23-31-12-18-52-43(31)54-38(40)27-53-58)44(60)55-66(63,64)35-8-10-42(41(25-35)59(61)62)65-29-46(49)14-16-47(50,51)17-15-46/h3-10,12,18,23-25,27H,11,13-17,19-22,26,28-29H2,1-2H3,(H,52,54)(H,55,60). The number of allylic oxidation sites excluding steroid dienone is 1. The number of anilines is 1. The second-order valence-electron chi connectivity index (χ2n) is 18.4. The zero-order valence-electron chi connectivity index (χ0n) is 36.3. The van der Waals surface area contributed by atoms with Crippen LogP contribution in [-0.4, -0.2) is 94.8 Å². The van der Waals surface area contributed by atoms with Gasteiger partial charge in [0.25, 0.3) is 15.9 Å². The summed E-state index contributed by atoms with van der Waals surface area (Å²) in [6, 6.07) is 19.5. The number of rotatable bonds is 12. The fourth-order valence-corrected chi connectivity index (χ4v) is 10.3. The van der Waals surface area contributed by atoms with Gasteiger partial charge in [-0.25, -0.2) is 36.0 Å². The number of H-pyrrole nitrogens is 1. The fourth-order valence-electron chi connectivity index (χ4n) is 9.18. The minimum Gasteiger partial charge on any atom is -0.483 e. The lowest BCUT2D eigenvalue weighted by Gasteiger charge is -2.39. The highest BCUT2D eigenvalue weighted by atomic mass is 35.5. The minimum absolute atomic E-state index is 0.0530. The highest BCUT2D eigenvalue weighted by molar-refractivity contribution is 7.90. The highest BCUT2D eigenvalue weighted by Gasteiger charge is 2.44. The smallest absolute Gasteiger partial charge is 0.312 e. The van der Waals surface area contributed by atoms with Gasteiger partial charge in [0, 0.05) is 73.9 Å². The van der Waals surface area contributed by atoms with Crippen LogP contribution in [-0.2, 0) is 10.0 Å². The number of hydrogen-bond acceptors (Lipinski definition) is 10. The van der Waals surface area contributed by atoms with E-state index in [1.807, 2.05) is 24.3 Å². The fraction of sp³-hybridized carbons (Fsp3) is 0.383. The number of pyridine rings is 1. The molecule has 19 heteroatoms. The molecule has 0 bridgehead atoms. The molecule has 9 rings (SSSR count). The van der Waals surface area contributed by atoms with Crippen molar-refractivity contribution in [3.05, 3.63) is 117 Å². The van der Waals surface area contributed by atoms with Crippen LogP contribution in [0.1, 0.15) is 74.7 Å². The number of benzene rings is 3. The predicted octanol–water partition coefficient (Wildman–Crippen LogP) is 9.66. The molecule has 1 amide bonds. The minimum atomic E-state index is -4.76. The molecule has 1 saturated carbocycles. The van der Waals surface area contributed by atoms with E-state index in [-0.39, 0.29) is 16.7 Å². The van der Waals surface area contributed by atoms with Gasteiger partial charge in [-0.2, -0.15) is 5.10 Å². The van der Waals surface area contributed by atoms with Crippen LogP contribution in [0.3, 0.4) is 0 Å². The molecule has 2 fully saturated rings. The third kappa shape index (κ3) is 9.49. The zero-order chi connectivity index (χ0) is 46.6. The normalized spacial score (nSPS) is 18.7. The monoisotopic (exact) mass is 944 g/mol. The lowest BCUT2D eigenvalue weighted by molar-refractivity contribution is -0.386. The Kier molecular flexibility index (Phi) is 11.9. The van der Waals surface area contributed by atoms with E-state index in [9.17, 15) is 32.1 Å². The van der Waals surface area contributed by atoms with Gasteiger partial charge in [-0.3, -0.25) is 19.8 Å². The van der Waals surface area contributed by atoms with Crippen molar-refractivity contribution in [1.29, 1.82) is 0 Å². The molecular weight excluding hydrogens is 897 g/mol. The van der Waals surface area contributed by atoms with Gasteiger partial charge in [0.15, 0.2) is 5.75 Å². The van der Waals surface area contributed by atoms with Gasteiger partial charge in [-0.05, 0) is 103 Å². The van der Waals surface area contributed by atoms with E-state index in [1.165, 1.54) is 27.5 Å². The third-order valence-electron chi connectivity index (χ3n) is 13.1. The molecule has 3 aromatic carbocycles. The first-order valence-corrected chi connectivity index (χ1v) is 23.7. The topological polar surface area (TPSA) is 169 Å². The molecule has 66 heavy (non-hydrogen) atoms. The van der Waals surface area contributed by atoms with E-state index >= 15 is 4.39 Å². The first-order valence-electron chi connectivity index (χ1n) is 21.8. The maximum absolute atomic E-state index is 15.3. The maximum Gasteiger partial charge on any atom is 0.312 e. The number of carbonyl (C=O) groups is 1. The molecule has 3 aromatic heterocycles. The Bertz CT molecular complexity index is 2990. The van der Waals surface area contributed by atoms with Gasteiger partial charge in [-0.15, -0.1) is 0 Å². The number of carbonyl (C=O) groups excluding carboxylic acids is 1. The van der Waals surface area contributed by atoms with E-state index in [4.69, 9.17) is 16.3 Å². The van der Waals surface area contributed by atoms with Gasteiger partial charge >= 0.3 is 5.69 Å². The zero-order valence-corrected chi connectivity index (χ0v) is 37.9. The van der Waals surface area contributed by atoms with Crippen molar-refractivity contribution < 1.29 is 36.0 Å². The number of hydrogen-bond donors (Lipinski definition) is 2. The molecule has 3 aliphatic rings. The van der Waals surface area contributed by atoms with Gasteiger partial charge < -0.3 is 14.6 Å². The second kappa shape index (κ2) is 17.3. The lowest BCUT2D eigenvalue weighted by atomic mass is 9.72. The van der Waals surface area contributed by atoms with Crippen LogP contribution in [0.5, 0.6) is 5.75 Å². The molecule has 2 N–H and O–H groups in total. The lowest BCUT2D eigenvalue weighted by Crippen LogP contribution is -2.47. The number of aromatic amines is 1. The largest absolute Gasteiger partial charge is 0.483 e. The molecule has 0 atom stereocenters. The number of nitrogens with one attached hydrogen (secondary N) is 2. The summed E-state index contributed by atoms with van der Waals surface area (Å²) < 4.78 is 79.2. The Balaban J connectivity index is 0.968. The predicted molar refractivity (Wildman–Crippen MR) is 246 cm³/mol. The van der Waals surface area contributed by atoms with Crippen LogP contribution in [0.2, 0.25) is 5.02 Å². The summed E-state index contributed by atoms with van der Waals surface area (Å²) in [5.74, 6) is -4.49. The number of halogens is 4. The van der Waals surface area contributed by atoms with Gasteiger partial charge in [0.2, 0.25) is 5.92 Å². The summed E-state index contributed by atoms with van der Waals surface area (Å²) >= 11 is 6.24. The summed E-state index contributed by atoms with van der Waals surface area (Å²) in [6.45, 7) is 7.66. The van der Waals surface area contributed by atoms with Crippen molar-refractivity contribution in [2.24, 2.45) is 5.41 Å². The molecule has 6 aromatic rings. The molecule has 4 heterocycles. The Labute approximate surface area is 384 Å². The number of piperazine rings is 1. The number of sulfonamides is 1. The number of nitro groups is 1. The highest BCUT2D eigenvalue weighted by Crippen LogP contribution is 2.44. The summed E-state index contributed by atoms with van der Waals surface area (Å²) in [5, 5.41) is 18.2. The Morgan fingerprint density at radius 2 is 1.70 bits per heavy atom. The third-order valence-corrected chi connectivity index (χ3v) is 14.7. The molecule has 14 nitrogen and oxygen atoms in total. The molecule has 1 saturated heterocycles. The second-order valence-corrected chi connectivity index (χ2v) is 20.5. The van der Waals surface area contributed by atoms with E-state index in [2.05, 4.69) is 55.6 Å². The molecular formula is C47H48ClF3N8O6S. The van der Waals surface area contributed by atoms with E-state index < -0.39 is 81.1 Å². The number of aromatic nitrogens is 4. The van der Waals surface area contributed by atoms with Crippen molar-refractivity contribution in [1.82, 2.24) is 29.4 Å². The molecule has 0 unspecified atom stereocenters. The average molecular weight is 945 g/mol. The van der Waals surface area contributed by atoms with E-state index in [0.717, 1.165) is 62.1 Å². The van der Waals surface area contributed by atoms with Crippen LogP contribution in [0.4, 0.5) is 24.5 Å². The summed E-state index contributed by atoms with van der Waals surface area (Å²) in [6.07, 6.45) is 4.02. The van der Waals surface area contributed by atoms with Crippen LogP contribution < -0.4 is 14.4 Å². The van der Waals surface area contributed by atoms with Crippen LogP contribution in [0, 0.1) is 15.5 Å². The van der Waals surface area contributed by atoms with Crippen molar-refractivity contribution in [3.63, 3.8) is 0 Å². The Hall–Kier alpha value is -5.98. The van der Waals surface area contributed by atoms with Crippen molar-refractivity contribution in [3.8, 4) is 11.4 Å². The molecule has 0 spiro atoms. The number of alkyl halides is 3. The summed E-state index contributed by atoms with van der Waals surface area (Å²) in [7, 11) is -4.76. The number of nitrogens with zero attached hydrogens (tertiary/aromatic N) is 6. The number of fused-ring (bicyclic) bond motifs is 2. The average Bonchev–Trinajstić information content (AvgIpc) is 3.93. The van der Waals surface area contributed by atoms with Gasteiger partial charge in [0.1, 0.15) is 23.4 Å². The molecule has 346 valence electrons. The van der Waals surface area contributed by atoms with Crippen LogP contribution >= 0.6 is 11.6 Å². The molecule has 0 radical (unpaired) electrons. The summed E-state index contributed by atoms with van der Waals surface area (Å²) in [4.78, 5) is 37.1. The van der Waals surface area contributed by atoms with Crippen molar-refractivity contribution >= 4 is 66.5 Å². The first kappa shape index (κ1) is 45.2. The van der Waals surface area contributed by atoms with Crippen molar-refractivity contribution in [2.45, 2.75) is 75.3 Å². The van der Waals surface area contributed by atoms with Crippen molar-refractivity contribution in [2.75, 3.05) is 44.2 Å². The summed E-state index contributed by atoms with van der Waals surface area (Å²) in [5.41, 5.74) is 3.98. The van der Waals surface area contributed by atoms with Crippen LogP contribution in [0.15, 0.2) is 95.7 Å². The van der Waals surface area contributed by atoms with E-state index in [1.54, 1.807) is 24.5 Å². The number of ether oxygens (including phenoxy) is 1. The van der Waals surface area contributed by atoms with Crippen LogP contribution in [0.25, 0.3) is 33.3 Å². The Morgan fingerprint density at radius 1 is 0.955 bits per heavy atom. The van der Waals surface area contributed by atoms with Gasteiger partial charge in [-0.1, -0.05) is 43.2 Å². The molecule has 1 aliphatic heterocycles. The quantitative estimate of drug-likeness (QED) is 0.0890.